The number of carbonyl (C=O) groups is 1. The first-order chi connectivity index (χ1) is 10.1. The fourth-order valence-electron chi connectivity index (χ4n) is 2.54. The fraction of sp³-hybridized carbons (Fsp3) is 0.357. The molecular weight excluding hydrogens is 316 g/mol. The van der Waals surface area contributed by atoms with Crippen LogP contribution in [0.2, 0.25) is 10.0 Å². The van der Waals surface area contributed by atoms with Crippen LogP contribution in [0.5, 0.6) is 0 Å². The van der Waals surface area contributed by atoms with Crippen molar-refractivity contribution in [3.8, 4) is 0 Å². The maximum Gasteiger partial charge on any atom is 0.271 e. The molecule has 112 valence electrons. The van der Waals surface area contributed by atoms with E-state index in [1.807, 2.05) is 0 Å². The van der Waals surface area contributed by atoms with Gasteiger partial charge in [-0.2, -0.15) is 0 Å². The first-order valence-corrected chi connectivity index (χ1v) is 7.50. The lowest BCUT2D eigenvalue weighted by Crippen LogP contribution is -2.34. The zero-order chi connectivity index (χ0) is 15.0. The van der Waals surface area contributed by atoms with E-state index in [2.05, 4.69) is 10.3 Å². The van der Waals surface area contributed by atoms with Crippen molar-refractivity contribution < 1.29 is 9.18 Å². The number of amides is 1. The van der Waals surface area contributed by atoms with Crippen molar-refractivity contribution in [2.75, 3.05) is 26.2 Å². The number of aromatic nitrogens is 1. The molecule has 0 radical (unpaired) electrons. The highest BCUT2D eigenvalue weighted by Crippen LogP contribution is 2.35. The van der Waals surface area contributed by atoms with Crippen molar-refractivity contribution in [2.24, 2.45) is 0 Å². The zero-order valence-corrected chi connectivity index (χ0v) is 12.7. The summed E-state index contributed by atoms with van der Waals surface area (Å²) in [5.74, 6) is -0.737. The van der Waals surface area contributed by atoms with Gasteiger partial charge in [-0.25, -0.2) is 4.39 Å². The predicted octanol–water partition coefficient (Wildman–Crippen LogP) is 3.05. The minimum absolute atomic E-state index is 0.0645. The summed E-state index contributed by atoms with van der Waals surface area (Å²) in [5, 5.41) is 3.70. The lowest BCUT2D eigenvalue weighted by atomic mass is 10.2. The monoisotopic (exact) mass is 329 g/mol. The molecule has 21 heavy (non-hydrogen) atoms. The lowest BCUT2D eigenvalue weighted by Gasteiger charge is -2.19. The Labute approximate surface area is 131 Å². The molecule has 1 amide bonds. The molecule has 2 aromatic rings. The minimum Gasteiger partial charge on any atom is -0.349 e. The third kappa shape index (κ3) is 2.61. The van der Waals surface area contributed by atoms with Crippen LogP contribution in [0.4, 0.5) is 4.39 Å². The average Bonchev–Trinajstić information content (AvgIpc) is 2.67. The normalized spacial score (nSPS) is 16.2. The van der Waals surface area contributed by atoms with E-state index in [0.717, 1.165) is 19.5 Å². The van der Waals surface area contributed by atoms with E-state index in [1.54, 1.807) is 4.90 Å². The molecular formula is C14H14Cl2FN3O. The van der Waals surface area contributed by atoms with Crippen LogP contribution in [-0.2, 0) is 0 Å². The van der Waals surface area contributed by atoms with Crippen molar-refractivity contribution in [3.05, 3.63) is 33.7 Å². The molecule has 1 saturated heterocycles. The summed E-state index contributed by atoms with van der Waals surface area (Å²) >= 11 is 12.2. The van der Waals surface area contributed by atoms with Crippen molar-refractivity contribution in [3.63, 3.8) is 0 Å². The second-order valence-corrected chi connectivity index (χ2v) is 5.75. The Kier molecular flexibility index (Phi) is 4.06. The molecule has 3 rings (SSSR count). The van der Waals surface area contributed by atoms with Gasteiger partial charge >= 0.3 is 0 Å². The molecule has 1 aromatic carbocycles. The van der Waals surface area contributed by atoms with Crippen LogP contribution in [0.1, 0.15) is 16.9 Å². The van der Waals surface area contributed by atoms with E-state index in [1.165, 1.54) is 12.1 Å². The second kappa shape index (κ2) is 5.83. The van der Waals surface area contributed by atoms with Crippen LogP contribution in [0.25, 0.3) is 10.9 Å². The maximum atomic E-state index is 13.5. The quantitative estimate of drug-likeness (QED) is 0.844. The SMILES string of the molecule is O=C(c1[nH]c2ccc(F)c(Cl)c2c1Cl)N1CCCNCC1. The van der Waals surface area contributed by atoms with Gasteiger partial charge in [-0.05, 0) is 25.1 Å². The maximum absolute atomic E-state index is 13.5. The first-order valence-electron chi connectivity index (χ1n) is 6.74. The number of H-pyrrole nitrogens is 1. The van der Waals surface area contributed by atoms with Crippen LogP contribution in [0, 0.1) is 5.82 Å². The summed E-state index contributed by atoms with van der Waals surface area (Å²) < 4.78 is 13.5. The van der Waals surface area contributed by atoms with E-state index in [0.29, 0.717) is 24.0 Å². The molecule has 0 bridgehead atoms. The van der Waals surface area contributed by atoms with E-state index < -0.39 is 5.82 Å². The van der Waals surface area contributed by atoms with Crippen molar-refractivity contribution in [1.82, 2.24) is 15.2 Å². The Morgan fingerprint density at radius 1 is 1.19 bits per heavy atom. The molecule has 0 unspecified atom stereocenters. The molecule has 7 heteroatoms. The number of halogens is 3. The Hall–Kier alpha value is -1.30. The standard InChI is InChI=1S/C14H14Cl2FN3O/c15-11-8(17)2-3-9-10(11)12(16)13(19-9)14(21)20-6-1-4-18-5-7-20/h2-3,18-19H,1,4-7H2. The second-order valence-electron chi connectivity index (χ2n) is 4.99. The third-order valence-electron chi connectivity index (χ3n) is 3.63. The Balaban J connectivity index is 2.02. The molecule has 1 aromatic heterocycles. The summed E-state index contributed by atoms with van der Waals surface area (Å²) in [6.45, 7) is 2.92. The van der Waals surface area contributed by atoms with Crippen molar-refractivity contribution in [2.45, 2.75) is 6.42 Å². The van der Waals surface area contributed by atoms with Crippen LogP contribution >= 0.6 is 23.2 Å². The fourth-order valence-corrected chi connectivity index (χ4v) is 3.17. The van der Waals surface area contributed by atoms with Gasteiger partial charge in [0.2, 0.25) is 0 Å². The van der Waals surface area contributed by atoms with Gasteiger partial charge in [0.05, 0.1) is 10.0 Å². The number of fused-ring (bicyclic) bond motifs is 1. The first kappa shape index (κ1) is 14.6. The number of rotatable bonds is 1. The summed E-state index contributed by atoms with van der Waals surface area (Å²) in [5.41, 5.74) is 0.823. The van der Waals surface area contributed by atoms with E-state index in [9.17, 15) is 9.18 Å². The van der Waals surface area contributed by atoms with E-state index >= 15 is 0 Å². The van der Waals surface area contributed by atoms with Gasteiger partial charge in [0, 0.05) is 30.5 Å². The van der Waals surface area contributed by atoms with Crippen molar-refractivity contribution in [1.29, 1.82) is 0 Å². The number of carbonyl (C=O) groups excluding carboxylic acids is 1. The molecule has 2 heterocycles. The molecule has 1 aliphatic rings. The summed E-state index contributed by atoms with van der Waals surface area (Å²) in [6.07, 6.45) is 0.888. The lowest BCUT2D eigenvalue weighted by molar-refractivity contribution is 0.0761. The number of aromatic amines is 1. The molecule has 2 N–H and O–H groups in total. The van der Waals surface area contributed by atoms with Crippen LogP contribution in [0.15, 0.2) is 12.1 Å². The Morgan fingerprint density at radius 3 is 2.81 bits per heavy atom. The molecule has 1 fully saturated rings. The number of hydrogen-bond acceptors (Lipinski definition) is 2. The number of nitrogens with zero attached hydrogens (tertiary/aromatic N) is 1. The Bertz CT molecular complexity index is 693. The van der Waals surface area contributed by atoms with Crippen LogP contribution < -0.4 is 5.32 Å². The van der Waals surface area contributed by atoms with Crippen LogP contribution in [0.3, 0.4) is 0 Å². The molecule has 1 aliphatic heterocycles. The van der Waals surface area contributed by atoms with Gasteiger partial charge in [0.15, 0.2) is 0 Å². The topological polar surface area (TPSA) is 48.1 Å². The summed E-state index contributed by atoms with van der Waals surface area (Å²) in [6, 6.07) is 2.78. The predicted molar refractivity (Wildman–Crippen MR) is 81.7 cm³/mol. The van der Waals surface area contributed by atoms with E-state index in [-0.39, 0.29) is 21.6 Å². The summed E-state index contributed by atoms with van der Waals surface area (Å²) in [7, 11) is 0. The molecule has 0 spiro atoms. The highest BCUT2D eigenvalue weighted by atomic mass is 35.5. The molecule has 0 saturated carbocycles. The van der Waals surface area contributed by atoms with Crippen LogP contribution in [-0.4, -0.2) is 42.0 Å². The smallest absolute Gasteiger partial charge is 0.271 e. The number of benzene rings is 1. The largest absolute Gasteiger partial charge is 0.349 e. The highest BCUT2D eigenvalue weighted by molar-refractivity contribution is 6.44. The zero-order valence-electron chi connectivity index (χ0n) is 11.2. The van der Waals surface area contributed by atoms with Gasteiger partial charge < -0.3 is 15.2 Å². The highest BCUT2D eigenvalue weighted by Gasteiger charge is 2.24. The number of nitrogens with one attached hydrogen (secondary N) is 2. The average molecular weight is 330 g/mol. The van der Waals surface area contributed by atoms with Crippen molar-refractivity contribution >= 4 is 40.0 Å². The summed E-state index contributed by atoms with van der Waals surface area (Å²) in [4.78, 5) is 17.3. The van der Waals surface area contributed by atoms with Gasteiger partial charge in [0.25, 0.3) is 5.91 Å². The number of hydrogen-bond donors (Lipinski definition) is 2. The minimum atomic E-state index is -0.553. The molecule has 0 aliphatic carbocycles. The van der Waals surface area contributed by atoms with Gasteiger partial charge in [-0.15, -0.1) is 0 Å². The molecule has 0 atom stereocenters. The molecule has 4 nitrogen and oxygen atoms in total. The Morgan fingerprint density at radius 2 is 2.00 bits per heavy atom. The van der Waals surface area contributed by atoms with Gasteiger partial charge in [-0.1, -0.05) is 23.2 Å². The van der Waals surface area contributed by atoms with E-state index in [4.69, 9.17) is 23.2 Å². The van der Waals surface area contributed by atoms with Gasteiger partial charge in [0.1, 0.15) is 11.5 Å². The third-order valence-corrected chi connectivity index (χ3v) is 4.38. The van der Waals surface area contributed by atoms with Gasteiger partial charge in [-0.3, -0.25) is 4.79 Å².